The number of hydrogen-bond donors (Lipinski definition) is 0. The molecule has 2 aromatic heterocycles. The van der Waals surface area contributed by atoms with E-state index in [0.717, 1.165) is 49.6 Å². The van der Waals surface area contributed by atoms with Gasteiger partial charge in [0.05, 0.1) is 6.26 Å². The quantitative estimate of drug-likeness (QED) is 0.193. The van der Waals surface area contributed by atoms with Crippen LogP contribution >= 0.6 is 0 Å². The van der Waals surface area contributed by atoms with Crippen molar-refractivity contribution >= 4 is 65.2 Å². The second-order valence-corrected chi connectivity index (χ2v) is 12.1. The van der Waals surface area contributed by atoms with Gasteiger partial charge in [-0.05, 0) is 90.5 Å². The minimum absolute atomic E-state index is 0.782. The van der Waals surface area contributed by atoms with Crippen molar-refractivity contribution in [1.29, 1.82) is 0 Å². The highest BCUT2D eigenvalue weighted by Gasteiger charge is 2.20. The Morgan fingerprint density at radius 2 is 0.913 bits per heavy atom. The summed E-state index contributed by atoms with van der Waals surface area (Å²) < 4.78 is 12.8. The molecule has 0 aliphatic heterocycles. The first kappa shape index (κ1) is 25.2. The highest BCUT2D eigenvalue weighted by molar-refractivity contribution is 6.23. The van der Waals surface area contributed by atoms with E-state index in [2.05, 4.69) is 146 Å². The highest BCUT2D eigenvalue weighted by Crippen LogP contribution is 2.46. The maximum absolute atomic E-state index is 6.64. The number of benzene rings is 8. The maximum Gasteiger partial charge on any atom is 0.178 e. The van der Waals surface area contributed by atoms with Gasteiger partial charge in [-0.25, -0.2) is 0 Å². The van der Waals surface area contributed by atoms with E-state index in [1.165, 1.54) is 49.0 Å². The standard InChI is InChI=1S/C44H26O2/c1-2-11-28(12-3-1)39-26-45-43-38(39)23-22-37-32-21-20-31(25-40(32)46-44(37)43)42-35-16-8-6-14-33(35)41(34-15-7-9-17-36(34)42)30-19-18-27-10-4-5-13-29(27)24-30/h1-26H. The Kier molecular flexibility index (Phi) is 5.31. The van der Waals surface area contributed by atoms with Crippen LogP contribution in [0.3, 0.4) is 0 Å². The second kappa shape index (κ2) is 9.69. The fourth-order valence-electron chi connectivity index (χ4n) is 7.42. The molecule has 10 rings (SSSR count). The number of furan rings is 2. The summed E-state index contributed by atoms with van der Waals surface area (Å²) in [6, 6.07) is 54.3. The van der Waals surface area contributed by atoms with Crippen molar-refractivity contribution in [2.24, 2.45) is 0 Å². The first-order valence-electron chi connectivity index (χ1n) is 15.7. The number of rotatable bonds is 3. The van der Waals surface area contributed by atoms with Gasteiger partial charge in [-0.3, -0.25) is 0 Å². The van der Waals surface area contributed by atoms with E-state index >= 15 is 0 Å². The summed E-state index contributed by atoms with van der Waals surface area (Å²) in [7, 11) is 0. The molecule has 0 fully saturated rings. The molecular weight excluding hydrogens is 560 g/mol. The Labute approximate surface area is 264 Å². The molecule has 8 aromatic carbocycles. The largest absolute Gasteiger partial charge is 0.460 e. The molecule has 0 unspecified atom stereocenters. The third-order valence-corrected chi connectivity index (χ3v) is 9.52. The van der Waals surface area contributed by atoms with Gasteiger partial charge in [0.25, 0.3) is 0 Å². The summed E-state index contributed by atoms with van der Waals surface area (Å²) in [6.45, 7) is 0. The SMILES string of the molecule is c1ccc(-c2coc3c2ccc2c4ccc(-c5c6ccccc6c(-c6ccc7ccccc7c6)c6ccccc56)cc4oc23)cc1. The Bertz CT molecular complexity index is 2740. The van der Waals surface area contributed by atoms with Crippen molar-refractivity contribution in [3.8, 4) is 33.4 Å². The highest BCUT2D eigenvalue weighted by atomic mass is 16.4. The average molecular weight is 587 g/mol. The van der Waals surface area contributed by atoms with Crippen LogP contribution in [0.25, 0.3) is 98.6 Å². The van der Waals surface area contributed by atoms with Crippen LogP contribution in [-0.2, 0) is 0 Å². The fraction of sp³-hybridized carbons (Fsp3) is 0. The molecule has 46 heavy (non-hydrogen) atoms. The molecule has 0 atom stereocenters. The number of fused-ring (bicyclic) bond motifs is 8. The lowest BCUT2D eigenvalue weighted by Gasteiger charge is -2.18. The minimum atomic E-state index is 0.782. The molecule has 0 spiro atoms. The zero-order valence-electron chi connectivity index (χ0n) is 24.8. The van der Waals surface area contributed by atoms with Crippen LogP contribution in [0, 0.1) is 0 Å². The third kappa shape index (κ3) is 3.65. The van der Waals surface area contributed by atoms with E-state index in [-0.39, 0.29) is 0 Å². The Hall–Kier alpha value is -6.12. The van der Waals surface area contributed by atoms with Gasteiger partial charge in [0.1, 0.15) is 5.58 Å². The molecule has 0 bridgehead atoms. The average Bonchev–Trinajstić information content (AvgIpc) is 3.72. The van der Waals surface area contributed by atoms with Gasteiger partial charge in [0.2, 0.25) is 0 Å². The zero-order chi connectivity index (χ0) is 30.2. The monoisotopic (exact) mass is 586 g/mol. The van der Waals surface area contributed by atoms with Crippen molar-refractivity contribution in [2.75, 3.05) is 0 Å². The van der Waals surface area contributed by atoms with Gasteiger partial charge in [-0.2, -0.15) is 0 Å². The Morgan fingerprint density at radius 3 is 1.63 bits per heavy atom. The van der Waals surface area contributed by atoms with Crippen molar-refractivity contribution in [3.05, 3.63) is 158 Å². The summed E-state index contributed by atoms with van der Waals surface area (Å²) in [4.78, 5) is 0. The van der Waals surface area contributed by atoms with Gasteiger partial charge >= 0.3 is 0 Å². The predicted molar refractivity (Wildman–Crippen MR) is 192 cm³/mol. The topological polar surface area (TPSA) is 26.3 Å². The predicted octanol–water partition coefficient (Wildman–Crippen LogP) is 12.8. The van der Waals surface area contributed by atoms with Crippen LogP contribution in [-0.4, -0.2) is 0 Å². The lowest BCUT2D eigenvalue weighted by molar-refractivity contribution is 0.600. The summed E-state index contributed by atoms with van der Waals surface area (Å²) in [5.74, 6) is 0. The first-order valence-corrected chi connectivity index (χ1v) is 15.7. The lowest BCUT2D eigenvalue weighted by Crippen LogP contribution is -1.90. The van der Waals surface area contributed by atoms with Crippen molar-refractivity contribution in [3.63, 3.8) is 0 Å². The zero-order valence-corrected chi connectivity index (χ0v) is 24.8. The molecule has 0 amide bonds. The van der Waals surface area contributed by atoms with Gasteiger partial charge in [-0.15, -0.1) is 0 Å². The molecule has 2 heterocycles. The van der Waals surface area contributed by atoms with E-state index in [1.54, 1.807) is 0 Å². The summed E-state index contributed by atoms with van der Waals surface area (Å²) in [5.41, 5.74) is 9.45. The van der Waals surface area contributed by atoms with E-state index < -0.39 is 0 Å². The molecule has 2 heteroatoms. The van der Waals surface area contributed by atoms with Gasteiger partial charge < -0.3 is 8.83 Å². The van der Waals surface area contributed by atoms with Crippen LogP contribution < -0.4 is 0 Å². The summed E-state index contributed by atoms with van der Waals surface area (Å²) >= 11 is 0. The van der Waals surface area contributed by atoms with Gasteiger partial charge in [0.15, 0.2) is 11.2 Å². The summed E-state index contributed by atoms with van der Waals surface area (Å²) in [5, 5.41) is 10.6. The van der Waals surface area contributed by atoms with Crippen molar-refractivity contribution < 1.29 is 8.83 Å². The molecular formula is C44H26O2. The molecule has 0 saturated heterocycles. The van der Waals surface area contributed by atoms with Crippen LogP contribution in [0.5, 0.6) is 0 Å². The number of hydrogen-bond acceptors (Lipinski definition) is 2. The first-order chi connectivity index (χ1) is 22.8. The summed E-state index contributed by atoms with van der Waals surface area (Å²) in [6.07, 6.45) is 1.84. The smallest absolute Gasteiger partial charge is 0.178 e. The molecule has 10 aromatic rings. The Morgan fingerprint density at radius 1 is 0.348 bits per heavy atom. The molecule has 0 aliphatic carbocycles. The normalized spacial score (nSPS) is 11.9. The van der Waals surface area contributed by atoms with Gasteiger partial charge in [0, 0.05) is 21.7 Å². The van der Waals surface area contributed by atoms with Crippen molar-refractivity contribution in [2.45, 2.75) is 0 Å². The van der Waals surface area contributed by atoms with Crippen LogP contribution in [0.4, 0.5) is 0 Å². The van der Waals surface area contributed by atoms with E-state index in [0.29, 0.717) is 0 Å². The van der Waals surface area contributed by atoms with Crippen molar-refractivity contribution in [1.82, 2.24) is 0 Å². The van der Waals surface area contributed by atoms with Crippen LogP contribution in [0.2, 0.25) is 0 Å². The van der Waals surface area contributed by atoms with E-state index in [4.69, 9.17) is 8.83 Å². The maximum atomic E-state index is 6.64. The molecule has 0 saturated carbocycles. The van der Waals surface area contributed by atoms with Gasteiger partial charge in [-0.1, -0.05) is 121 Å². The molecule has 0 N–H and O–H groups in total. The molecule has 0 aliphatic rings. The minimum Gasteiger partial charge on any atom is -0.460 e. The third-order valence-electron chi connectivity index (χ3n) is 9.52. The fourth-order valence-corrected chi connectivity index (χ4v) is 7.42. The van der Waals surface area contributed by atoms with E-state index in [9.17, 15) is 0 Å². The van der Waals surface area contributed by atoms with E-state index in [1.807, 2.05) is 12.3 Å². The lowest BCUT2D eigenvalue weighted by atomic mass is 9.85. The Balaban J connectivity index is 1.21. The molecule has 2 nitrogen and oxygen atoms in total. The molecule has 214 valence electrons. The molecule has 0 radical (unpaired) electrons. The second-order valence-electron chi connectivity index (χ2n) is 12.1. The van der Waals surface area contributed by atoms with Crippen LogP contribution in [0.1, 0.15) is 0 Å². The van der Waals surface area contributed by atoms with Crippen LogP contribution in [0.15, 0.2) is 167 Å².